The van der Waals surface area contributed by atoms with E-state index < -0.39 is 8.96 Å². The van der Waals surface area contributed by atoms with Gasteiger partial charge in [-0.1, -0.05) is 70.9 Å². The van der Waals surface area contributed by atoms with Crippen LogP contribution in [-0.2, 0) is 4.79 Å². The third kappa shape index (κ3) is 7.19. The molecule has 0 saturated heterocycles. The number of hydrogen-bond donors (Lipinski definition) is 1. The van der Waals surface area contributed by atoms with E-state index in [4.69, 9.17) is 0 Å². The van der Waals surface area contributed by atoms with Gasteiger partial charge in [-0.15, -0.1) is 0 Å². The molecule has 0 aromatic heterocycles. The van der Waals surface area contributed by atoms with Gasteiger partial charge in [0, 0.05) is 5.92 Å². The lowest BCUT2D eigenvalue weighted by Gasteiger charge is -2.19. The van der Waals surface area contributed by atoms with Crippen molar-refractivity contribution in [1.82, 2.24) is 4.98 Å². The van der Waals surface area contributed by atoms with Gasteiger partial charge in [-0.05, 0) is 12.8 Å². The highest BCUT2D eigenvalue weighted by Gasteiger charge is 2.18. The van der Waals surface area contributed by atoms with Crippen molar-refractivity contribution in [2.24, 2.45) is 5.92 Å². The molecule has 2 nitrogen and oxygen atoms in total. The second-order valence-electron chi connectivity index (χ2n) is 6.12. The Morgan fingerprint density at radius 2 is 1.22 bits per heavy atom. The van der Waals surface area contributed by atoms with E-state index in [1.165, 1.54) is 57.8 Å². The van der Waals surface area contributed by atoms with E-state index in [2.05, 4.69) is 18.1 Å². The number of rotatable bonds is 2. The fourth-order valence-electron chi connectivity index (χ4n) is 2.83. The molecular weight excluding hydrogens is 238 g/mol. The number of hydrogen-bond acceptors (Lipinski definition) is 1. The van der Waals surface area contributed by atoms with Crippen molar-refractivity contribution in [1.29, 1.82) is 0 Å². The largest absolute Gasteiger partial charge is 0.385 e. The third-order valence-electron chi connectivity index (χ3n) is 3.91. The molecule has 1 N–H and O–H groups in total. The first-order valence-electron chi connectivity index (χ1n) is 8.00. The van der Waals surface area contributed by atoms with Crippen molar-refractivity contribution in [3.05, 3.63) is 0 Å². The first-order valence-corrected chi connectivity index (χ1v) is 10.9. The zero-order valence-corrected chi connectivity index (χ0v) is 13.5. The highest BCUT2D eigenvalue weighted by atomic mass is 28.3. The first kappa shape index (κ1) is 15.7. The molecule has 1 aliphatic carbocycles. The van der Waals surface area contributed by atoms with Gasteiger partial charge in [0.25, 0.3) is 0 Å². The molecule has 0 atom stereocenters. The molecule has 1 fully saturated rings. The molecule has 106 valence electrons. The number of carbonyl (C=O) groups excluding carboxylic acids is 1. The van der Waals surface area contributed by atoms with Gasteiger partial charge in [0.05, 0.1) is 0 Å². The predicted octanol–water partition coefficient (Wildman–Crippen LogP) is 4.01. The lowest BCUT2D eigenvalue weighted by molar-refractivity contribution is -0.123. The Morgan fingerprint density at radius 1 is 0.833 bits per heavy atom. The van der Waals surface area contributed by atoms with Crippen molar-refractivity contribution in [3.8, 4) is 0 Å². The molecule has 0 aromatic carbocycles. The Balaban J connectivity index is 2.38. The average molecular weight is 270 g/mol. The van der Waals surface area contributed by atoms with Crippen LogP contribution in [0.1, 0.15) is 70.6 Å². The topological polar surface area (TPSA) is 29.1 Å². The maximum absolute atomic E-state index is 12.1. The van der Waals surface area contributed by atoms with Crippen LogP contribution in [0.25, 0.3) is 0 Å². The summed E-state index contributed by atoms with van der Waals surface area (Å²) in [6, 6.07) is 0. The molecular formula is C15H31NOSi. The molecule has 0 bridgehead atoms. The van der Waals surface area contributed by atoms with Crippen molar-refractivity contribution >= 4 is 14.9 Å². The standard InChI is InChI=1S/C15H31NOSi/c1-18(2)16-15(17)14-12-10-8-6-4-3-5-7-9-11-13-14/h14,18H,3-13H2,1-2H3,(H,16,17). The molecule has 0 aromatic rings. The summed E-state index contributed by atoms with van der Waals surface area (Å²) in [6.07, 6.45) is 14.3. The van der Waals surface area contributed by atoms with Crippen LogP contribution in [0.3, 0.4) is 0 Å². The molecule has 0 spiro atoms. The first-order chi connectivity index (χ1) is 8.70. The molecule has 1 rings (SSSR count). The number of nitrogens with one attached hydrogen (secondary N) is 1. The Morgan fingerprint density at radius 3 is 1.61 bits per heavy atom. The molecule has 0 heterocycles. The third-order valence-corrected chi connectivity index (χ3v) is 4.77. The monoisotopic (exact) mass is 269 g/mol. The maximum atomic E-state index is 12.1. The van der Waals surface area contributed by atoms with Gasteiger partial charge >= 0.3 is 0 Å². The summed E-state index contributed by atoms with van der Waals surface area (Å²) in [5.74, 6) is 0.660. The van der Waals surface area contributed by atoms with E-state index in [1.807, 2.05) is 0 Å². The van der Waals surface area contributed by atoms with Crippen molar-refractivity contribution in [2.45, 2.75) is 83.7 Å². The van der Waals surface area contributed by atoms with E-state index in [-0.39, 0.29) is 0 Å². The zero-order valence-electron chi connectivity index (χ0n) is 12.3. The zero-order chi connectivity index (χ0) is 13.2. The van der Waals surface area contributed by atoms with Crippen LogP contribution in [0.5, 0.6) is 0 Å². The van der Waals surface area contributed by atoms with Crippen molar-refractivity contribution in [3.63, 3.8) is 0 Å². The lowest BCUT2D eigenvalue weighted by atomic mass is 9.92. The molecule has 1 amide bonds. The molecule has 18 heavy (non-hydrogen) atoms. The fourth-order valence-corrected chi connectivity index (χ4v) is 3.63. The molecule has 0 radical (unpaired) electrons. The average Bonchev–Trinajstić information content (AvgIpc) is 2.28. The Labute approximate surface area is 115 Å². The van der Waals surface area contributed by atoms with Gasteiger partial charge in [0.1, 0.15) is 8.96 Å². The van der Waals surface area contributed by atoms with E-state index in [1.54, 1.807) is 0 Å². The molecule has 1 saturated carbocycles. The smallest absolute Gasteiger partial charge is 0.215 e. The van der Waals surface area contributed by atoms with Crippen LogP contribution in [0.2, 0.25) is 13.1 Å². The maximum Gasteiger partial charge on any atom is 0.215 e. The molecule has 0 unspecified atom stereocenters. The second kappa shape index (κ2) is 9.60. The van der Waals surface area contributed by atoms with Gasteiger partial charge < -0.3 is 4.98 Å². The molecule has 1 aliphatic rings. The van der Waals surface area contributed by atoms with Gasteiger partial charge in [0.15, 0.2) is 0 Å². The van der Waals surface area contributed by atoms with Crippen LogP contribution < -0.4 is 4.98 Å². The van der Waals surface area contributed by atoms with Crippen LogP contribution in [-0.4, -0.2) is 14.9 Å². The predicted molar refractivity (Wildman–Crippen MR) is 81.3 cm³/mol. The van der Waals surface area contributed by atoms with Crippen LogP contribution in [0.4, 0.5) is 0 Å². The summed E-state index contributed by atoms with van der Waals surface area (Å²) in [4.78, 5) is 15.4. The van der Waals surface area contributed by atoms with Crippen LogP contribution in [0.15, 0.2) is 0 Å². The minimum absolute atomic E-state index is 0.305. The van der Waals surface area contributed by atoms with Gasteiger partial charge in [0.2, 0.25) is 5.91 Å². The summed E-state index contributed by atoms with van der Waals surface area (Å²) < 4.78 is 0. The van der Waals surface area contributed by atoms with Gasteiger partial charge in [-0.3, -0.25) is 4.79 Å². The minimum Gasteiger partial charge on any atom is -0.385 e. The van der Waals surface area contributed by atoms with Gasteiger partial charge in [-0.2, -0.15) is 0 Å². The SMILES string of the molecule is C[SiH](C)NC(=O)C1CCCCCCCCCCC1. The lowest BCUT2D eigenvalue weighted by Crippen LogP contribution is -2.38. The van der Waals surface area contributed by atoms with E-state index in [9.17, 15) is 4.79 Å². The number of amides is 1. The summed E-state index contributed by atoms with van der Waals surface area (Å²) in [5.41, 5.74) is 0. The molecule has 0 aliphatic heterocycles. The second-order valence-corrected chi connectivity index (χ2v) is 8.72. The van der Waals surface area contributed by atoms with Crippen molar-refractivity contribution in [2.75, 3.05) is 0 Å². The van der Waals surface area contributed by atoms with Crippen molar-refractivity contribution < 1.29 is 4.79 Å². The van der Waals surface area contributed by atoms with Gasteiger partial charge in [-0.25, -0.2) is 0 Å². The normalized spacial score (nSPS) is 21.1. The minimum atomic E-state index is -0.961. The summed E-state index contributed by atoms with van der Waals surface area (Å²) in [6.45, 7) is 4.38. The quantitative estimate of drug-likeness (QED) is 0.754. The van der Waals surface area contributed by atoms with Crippen LogP contribution in [0, 0.1) is 5.92 Å². The highest BCUT2D eigenvalue weighted by Crippen LogP contribution is 2.21. The van der Waals surface area contributed by atoms with E-state index in [0.29, 0.717) is 11.8 Å². The van der Waals surface area contributed by atoms with E-state index >= 15 is 0 Å². The summed E-state index contributed by atoms with van der Waals surface area (Å²) in [7, 11) is -0.961. The summed E-state index contributed by atoms with van der Waals surface area (Å²) >= 11 is 0. The van der Waals surface area contributed by atoms with E-state index in [0.717, 1.165) is 12.8 Å². The summed E-state index contributed by atoms with van der Waals surface area (Å²) in [5, 5.41) is 0. The fraction of sp³-hybridized carbons (Fsp3) is 0.933. The molecule has 3 heteroatoms. The number of carbonyl (C=O) groups is 1. The Hall–Kier alpha value is -0.313. The highest BCUT2D eigenvalue weighted by molar-refractivity contribution is 6.56. The van der Waals surface area contributed by atoms with Crippen LogP contribution >= 0.6 is 0 Å². The Kier molecular flexibility index (Phi) is 8.39. The Bertz CT molecular complexity index is 219.